The van der Waals surface area contributed by atoms with Crippen LogP contribution in [0.25, 0.3) is 0 Å². The molecule has 0 N–H and O–H groups in total. The van der Waals surface area contributed by atoms with Crippen molar-refractivity contribution in [3.63, 3.8) is 0 Å². The van der Waals surface area contributed by atoms with Crippen LogP contribution in [0.1, 0.15) is 66.2 Å². The zero-order valence-corrected chi connectivity index (χ0v) is 12.8. The summed E-state index contributed by atoms with van der Waals surface area (Å²) < 4.78 is 5.98. The van der Waals surface area contributed by atoms with E-state index in [1.165, 1.54) is 24.8 Å². The SMILES string of the molecule is C/C(=C\CCC#N)CC[C@@H]1C(C)(C)CC[C@@H]2O[C@@]21C. The second-order valence-corrected chi connectivity index (χ2v) is 7.16. The van der Waals surface area contributed by atoms with Crippen molar-refractivity contribution in [3.8, 4) is 6.07 Å². The van der Waals surface area contributed by atoms with E-state index in [1.54, 1.807) is 0 Å². The van der Waals surface area contributed by atoms with E-state index in [9.17, 15) is 0 Å². The molecule has 1 saturated carbocycles. The van der Waals surface area contributed by atoms with E-state index >= 15 is 0 Å². The topological polar surface area (TPSA) is 36.3 Å². The van der Waals surface area contributed by atoms with Gasteiger partial charge in [-0.15, -0.1) is 0 Å². The number of ether oxygens (including phenoxy) is 1. The van der Waals surface area contributed by atoms with E-state index < -0.39 is 0 Å². The molecule has 0 radical (unpaired) electrons. The Hall–Kier alpha value is -0.810. The minimum atomic E-state index is 0.148. The Morgan fingerprint density at radius 3 is 2.84 bits per heavy atom. The first-order valence-corrected chi connectivity index (χ1v) is 7.60. The van der Waals surface area contributed by atoms with Crippen LogP contribution in [0.3, 0.4) is 0 Å². The molecule has 1 saturated heterocycles. The normalized spacial score (nSPS) is 36.5. The van der Waals surface area contributed by atoms with Crippen molar-refractivity contribution in [2.24, 2.45) is 11.3 Å². The summed E-state index contributed by atoms with van der Waals surface area (Å²) in [5.41, 5.74) is 1.97. The van der Waals surface area contributed by atoms with Gasteiger partial charge >= 0.3 is 0 Å². The number of fused-ring (bicyclic) bond motifs is 1. The van der Waals surface area contributed by atoms with Gasteiger partial charge < -0.3 is 4.74 Å². The number of epoxide rings is 1. The number of hydrogen-bond acceptors (Lipinski definition) is 2. The van der Waals surface area contributed by atoms with Gasteiger partial charge in [0, 0.05) is 6.42 Å². The van der Waals surface area contributed by atoms with Gasteiger partial charge in [0.25, 0.3) is 0 Å². The molecular weight excluding hydrogens is 234 g/mol. The van der Waals surface area contributed by atoms with Gasteiger partial charge in [-0.3, -0.25) is 0 Å². The molecule has 0 amide bonds. The van der Waals surface area contributed by atoms with Crippen LogP contribution in [-0.4, -0.2) is 11.7 Å². The molecule has 0 spiro atoms. The Morgan fingerprint density at radius 2 is 2.16 bits per heavy atom. The Balaban J connectivity index is 1.91. The van der Waals surface area contributed by atoms with E-state index in [-0.39, 0.29) is 5.60 Å². The third-order valence-electron chi connectivity index (χ3n) is 5.24. The molecule has 1 aliphatic carbocycles. The van der Waals surface area contributed by atoms with Crippen molar-refractivity contribution in [2.75, 3.05) is 0 Å². The van der Waals surface area contributed by atoms with E-state index in [0.29, 0.717) is 23.9 Å². The van der Waals surface area contributed by atoms with Crippen LogP contribution in [0.4, 0.5) is 0 Å². The summed E-state index contributed by atoms with van der Waals surface area (Å²) in [7, 11) is 0. The zero-order chi connectivity index (χ0) is 14.1. The fourth-order valence-electron chi connectivity index (χ4n) is 3.91. The van der Waals surface area contributed by atoms with E-state index in [2.05, 4.69) is 39.8 Å². The van der Waals surface area contributed by atoms with E-state index in [0.717, 1.165) is 12.8 Å². The van der Waals surface area contributed by atoms with Crippen molar-refractivity contribution >= 4 is 0 Å². The predicted molar refractivity (Wildman–Crippen MR) is 77.6 cm³/mol. The van der Waals surface area contributed by atoms with Gasteiger partial charge in [-0.1, -0.05) is 25.5 Å². The van der Waals surface area contributed by atoms with Crippen LogP contribution in [0, 0.1) is 22.7 Å². The third kappa shape index (κ3) is 3.03. The highest BCUT2D eigenvalue weighted by Crippen LogP contribution is 2.59. The van der Waals surface area contributed by atoms with Gasteiger partial charge in [0.15, 0.2) is 0 Å². The van der Waals surface area contributed by atoms with Crippen LogP contribution in [0.15, 0.2) is 11.6 Å². The van der Waals surface area contributed by atoms with E-state index in [4.69, 9.17) is 10.00 Å². The smallest absolute Gasteiger partial charge is 0.0953 e. The van der Waals surface area contributed by atoms with Crippen LogP contribution in [-0.2, 0) is 4.74 Å². The summed E-state index contributed by atoms with van der Waals surface area (Å²) in [4.78, 5) is 0. The second kappa shape index (κ2) is 5.29. The maximum absolute atomic E-state index is 8.56. The molecule has 0 aromatic heterocycles. The highest BCUT2D eigenvalue weighted by molar-refractivity contribution is 5.12. The first-order valence-electron chi connectivity index (χ1n) is 7.60. The van der Waals surface area contributed by atoms with Crippen molar-refractivity contribution in [2.45, 2.75) is 77.9 Å². The van der Waals surface area contributed by atoms with Crippen LogP contribution < -0.4 is 0 Å². The zero-order valence-electron chi connectivity index (χ0n) is 12.8. The van der Waals surface area contributed by atoms with Crippen LogP contribution in [0.5, 0.6) is 0 Å². The molecule has 2 rings (SSSR count). The van der Waals surface area contributed by atoms with Crippen molar-refractivity contribution in [1.29, 1.82) is 5.26 Å². The average molecular weight is 261 g/mol. The van der Waals surface area contributed by atoms with Gasteiger partial charge in [0.05, 0.1) is 17.8 Å². The summed E-state index contributed by atoms with van der Waals surface area (Å²) in [5, 5.41) is 8.56. The number of nitrogens with zero attached hydrogens (tertiary/aromatic N) is 1. The molecular formula is C17H27NO. The number of allylic oxidation sites excluding steroid dienone is 2. The molecule has 106 valence electrons. The average Bonchev–Trinajstić information content (AvgIpc) is 2.99. The third-order valence-corrected chi connectivity index (χ3v) is 5.24. The molecule has 0 unspecified atom stereocenters. The minimum absolute atomic E-state index is 0.148. The monoisotopic (exact) mass is 261 g/mol. The van der Waals surface area contributed by atoms with Gasteiger partial charge in [-0.2, -0.15) is 5.26 Å². The Bertz CT molecular complexity index is 399. The lowest BCUT2D eigenvalue weighted by Gasteiger charge is -2.40. The van der Waals surface area contributed by atoms with Crippen molar-refractivity contribution in [3.05, 3.63) is 11.6 Å². The summed E-state index contributed by atoms with van der Waals surface area (Å²) in [6, 6.07) is 2.20. The van der Waals surface area contributed by atoms with Gasteiger partial charge in [0.1, 0.15) is 0 Å². The Kier molecular flexibility index (Phi) is 4.06. The lowest BCUT2D eigenvalue weighted by molar-refractivity contribution is 0.0875. The van der Waals surface area contributed by atoms with E-state index in [1.807, 2.05) is 0 Å². The number of nitriles is 1. The quantitative estimate of drug-likeness (QED) is 0.411. The van der Waals surface area contributed by atoms with Crippen LogP contribution >= 0.6 is 0 Å². The summed E-state index contributed by atoms with van der Waals surface area (Å²) in [6.45, 7) is 9.30. The highest BCUT2D eigenvalue weighted by Gasteiger charge is 2.63. The molecule has 2 aliphatic rings. The first-order chi connectivity index (χ1) is 8.90. The molecule has 2 heteroatoms. The predicted octanol–water partition coefficient (Wildman–Crippen LogP) is 4.61. The molecule has 2 fully saturated rings. The standard InChI is InChI=1S/C17H27NO/c1-13(7-5-6-12-18)8-9-14-16(2,3)11-10-15-17(14,4)19-15/h7,14-15H,5-6,8-11H2,1-4H3/b13-7+/t14-,15+,17-/m1/s1. The fraction of sp³-hybridized carbons (Fsp3) is 0.824. The van der Waals surface area contributed by atoms with Gasteiger partial charge in [0.2, 0.25) is 0 Å². The fourth-order valence-corrected chi connectivity index (χ4v) is 3.91. The number of hydrogen-bond donors (Lipinski definition) is 0. The Morgan fingerprint density at radius 1 is 1.42 bits per heavy atom. The van der Waals surface area contributed by atoms with Crippen molar-refractivity contribution in [1.82, 2.24) is 0 Å². The van der Waals surface area contributed by atoms with Crippen LogP contribution in [0.2, 0.25) is 0 Å². The molecule has 3 atom stereocenters. The minimum Gasteiger partial charge on any atom is -0.366 e. The largest absolute Gasteiger partial charge is 0.366 e. The lowest BCUT2D eigenvalue weighted by atomic mass is 9.62. The Labute approximate surface area is 117 Å². The molecule has 19 heavy (non-hydrogen) atoms. The summed E-state index contributed by atoms with van der Waals surface area (Å²) in [6.07, 6.45) is 9.16. The molecule has 0 bridgehead atoms. The van der Waals surface area contributed by atoms with Gasteiger partial charge in [-0.25, -0.2) is 0 Å². The molecule has 0 aromatic carbocycles. The molecule has 1 heterocycles. The maximum Gasteiger partial charge on any atom is 0.0953 e. The first kappa shape index (κ1) is 14.6. The molecule has 2 nitrogen and oxygen atoms in total. The second-order valence-electron chi connectivity index (χ2n) is 7.16. The summed E-state index contributed by atoms with van der Waals surface area (Å²) >= 11 is 0. The molecule has 0 aromatic rings. The number of unbranched alkanes of at least 4 members (excludes halogenated alkanes) is 1. The summed E-state index contributed by atoms with van der Waals surface area (Å²) in [5.74, 6) is 0.665. The molecule has 1 aliphatic heterocycles. The highest BCUT2D eigenvalue weighted by atomic mass is 16.6. The lowest BCUT2D eigenvalue weighted by Crippen LogP contribution is -2.40. The van der Waals surface area contributed by atoms with Gasteiger partial charge in [-0.05, 0) is 57.3 Å². The maximum atomic E-state index is 8.56. The van der Waals surface area contributed by atoms with Crippen molar-refractivity contribution < 1.29 is 4.74 Å². The number of rotatable bonds is 5.